The first-order valence-electron chi connectivity index (χ1n) is 7.85. The van der Waals surface area contributed by atoms with Crippen LogP contribution in [0.3, 0.4) is 0 Å². The van der Waals surface area contributed by atoms with E-state index < -0.39 is 5.79 Å². The van der Waals surface area contributed by atoms with Gasteiger partial charge in [0, 0.05) is 18.5 Å². The molecular formula is C17H20FN3O3. The highest BCUT2D eigenvalue weighted by Crippen LogP contribution is 2.22. The highest BCUT2D eigenvalue weighted by Gasteiger charge is 2.30. The van der Waals surface area contributed by atoms with Gasteiger partial charge in [-0.2, -0.15) is 5.10 Å². The Hall–Kier alpha value is -2.25. The first kappa shape index (κ1) is 16.6. The molecule has 128 valence electrons. The third kappa shape index (κ3) is 3.63. The third-order valence-corrected chi connectivity index (χ3v) is 4.04. The monoisotopic (exact) mass is 333 g/mol. The van der Waals surface area contributed by atoms with Gasteiger partial charge in [-0.3, -0.25) is 9.89 Å². The molecule has 0 aliphatic carbocycles. The summed E-state index contributed by atoms with van der Waals surface area (Å²) in [5, 5.41) is 9.63. The van der Waals surface area contributed by atoms with Crippen LogP contribution >= 0.6 is 0 Å². The van der Waals surface area contributed by atoms with E-state index in [0.29, 0.717) is 43.1 Å². The molecule has 7 heteroatoms. The van der Waals surface area contributed by atoms with Gasteiger partial charge in [-0.15, -0.1) is 0 Å². The number of hydrogen-bond donors (Lipinski definition) is 2. The van der Waals surface area contributed by atoms with E-state index in [-0.39, 0.29) is 11.7 Å². The minimum absolute atomic E-state index is 0.255. The Morgan fingerprint density at radius 1 is 1.38 bits per heavy atom. The number of amides is 1. The quantitative estimate of drug-likeness (QED) is 0.881. The Labute approximate surface area is 139 Å². The van der Waals surface area contributed by atoms with Crippen LogP contribution in [0.25, 0.3) is 11.3 Å². The van der Waals surface area contributed by atoms with Crippen LogP contribution in [0.5, 0.6) is 0 Å². The number of H-pyrrole nitrogens is 1. The zero-order valence-corrected chi connectivity index (χ0v) is 13.7. The molecule has 1 amide bonds. The molecule has 0 bridgehead atoms. The van der Waals surface area contributed by atoms with Gasteiger partial charge < -0.3 is 14.8 Å². The molecule has 0 unspecified atom stereocenters. The minimum atomic E-state index is -0.627. The van der Waals surface area contributed by atoms with Gasteiger partial charge in [0.1, 0.15) is 11.5 Å². The van der Waals surface area contributed by atoms with Crippen molar-refractivity contribution >= 4 is 5.91 Å². The molecule has 0 spiro atoms. The van der Waals surface area contributed by atoms with E-state index in [1.807, 2.05) is 6.92 Å². The highest BCUT2D eigenvalue weighted by molar-refractivity contribution is 5.93. The third-order valence-electron chi connectivity index (χ3n) is 4.04. The number of halogens is 1. The summed E-state index contributed by atoms with van der Waals surface area (Å²) in [7, 11) is 0. The van der Waals surface area contributed by atoms with Crippen LogP contribution in [0, 0.1) is 12.7 Å². The lowest BCUT2D eigenvalue weighted by atomic mass is 10.1. The zero-order valence-electron chi connectivity index (χ0n) is 13.7. The molecule has 0 radical (unpaired) electrons. The number of ether oxygens (including phenoxy) is 2. The summed E-state index contributed by atoms with van der Waals surface area (Å²) in [5.41, 5.74) is 2.24. The van der Waals surface area contributed by atoms with Crippen LogP contribution in [0.2, 0.25) is 0 Å². The predicted molar refractivity (Wildman–Crippen MR) is 86.0 cm³/mol. The van der Waals surface area contributed by atoms with Crippen LogP contribution in [0.1, 0.15) is 29.4 Å². The number of aryl methyl sites for hydroxylation is 1. The van der Waals surface area contributed by atoms with Crippen LogP contribution in [-0.4, -0.2) is 41.7 Å². The van der Waals surface area contributed by atoms with E-state index in [4.69, 9.17) is 9.47 Å². The first-order chi connectivity index (χ1) is 11.5. The Kier molecular flexibility index (Phi) is 4.64. The molecule has 1 aromatic heterocycles. The second-order valence-corrected chi connectivity index (χ2v) is 5.97. The SMILES string of the molecule is Cc1cc(-c2cc(C(=O)NCCC3(C)OCCO3)[nH]n2)ccc1F. The van der Waals surface area contributed by atoms with Crippen molar-refractivity contribution in [3.63, 3.8) is 0 Å². The molecule has 1 aromatic carbocycles. The largest absolute Gasteiger partial charge is 0.351 e. The smallest absolute Gasteiger partial charge is 0.269 e. The van der Waals surface area contributed by atoms with Crippen molar-refractivity contribution in [1.82, 2.24) is 15.5 Å². The molecule has 1 aliphatic heterocycles. The van der Waals surface area contributed by atoms with Crippen molar-refractivity contribution in [1.29, 1.82) is 0 Å². The van der Waals surface area contributed by atoms with Gasteiger partial charge in [0.25, 0.3) is 5.91 Å². The highest BCUT2D eigenvalue weighted by atomic mass is 19.1. The average molecular weight is 333 g/mol. The Morgan fingerprint density at radius 2 is 2.12 bits per heavy atom. The van der Waals surface area contributed by atoms with Crippen LogP contribution in [0.4, 0.5) is 4.39 Å². The van der Waals surface area contributed by atoms with Crippen molar-refractivity contribution in [2.75, 3.05) is 19.8 Å². The van der Waals surface area contributed by atoms with E-state index >= 15 is 0 Å². The van der Waals surface area contributed by atoms with E-state index in [0.717, 1.165) is 5.56 Å². The van der Waals surface area contributed by atoms with Gasteiger partial charge >= 0.3 is 0 Å². The molecule has 0 atom stereocenters. The number of carbonyl (C=O) groups excluding carboxylic acids is 1. The molecular weight excluding hydrogens is 313 g/mol. The van der Waals surface area contributed by atoms with Gasteiger partial charge in [-0.25, -0.2) is 4.39 Å². The van der Waals surface area contributed by atoms with Crippen LogP contribution < -0.4 is 5.32 Å². The van der Waals surface area contributed by atoms with E-state index in [2.05, 4.69) is 15.5 Å². The summed E-state index contributed by atoms with van der Waals surface area (Å²) in [4.78, 5) is 12.2. The molecule has 0 saturated carbocycles. The Morgan fingerprint density at radius 3 is 2.83 bits per heavy atom. The fraction of sp³-hybridized carbons (Fsp3) is 0.412. The molecule has 24 heavy (non-hydrogen) atoms. The molecule has 1 aliphatic rings. The van der Waals surface area contributed by atoms with Crippen molar-refractivity contribution in [2.24, 2.45) is 0 Å². The van der Waals surface area contributed by atoms with Gasteiger partial charge in [0.05, 0.1) is 18.9 Å². The summed E-state index contributed by atoms with van der Waals surface area (Å²) in [5.74, 6) is -1.15. The lowest BCUT2D eigenvalue weighted by Gasteiger charge is -2.21. The van der Waals surface area contributed by atoms with E-state index in [9.17, 15) is 9.18 Å². The topological polar surface area (TPSA) is 76.2 Å². The van der Waals surface area contributed by atoms with Crippen molar-refractivity contribution in [3.8, 4) is 11.3 Å². The minimum Gasteiger partial charge on any atom is -0.351 e. The number of nitrogens with one attached hydrogen (secondary N) is 2. The number of aromatic nitrogens is 2. The molecule has 2 heterocycles. The second-order valence-electron chi connectivity index (χ2n) is 5.97. The van der Waals surface area contributed by atoms with Gasteiger partial charge in [-0.05, 0) is 43.7 Å². The predicted octanol–water partition coefficient (Wildman–Crippen LogP) is 2.41. The molecule has 3 rings (SSSR count). The Bertz CT molecular complexity index is 738. The Balaban J connectivity index is 1.60. The molecule has 6 nitrogen and oxygen atoms in total. The zero-order chi connectivity index (χ0) is 17.2. The van der Waals surface area contributed by atoms with E-state index in [1.165, 1.54) is 6.07 Å². The maximum Gasteiger partial charge on any atom is 0.269 e. The second kappa shape index (κ2) is 6.70. The van der Waals surface area contributed by atoms with Crippen molar-refractivity contribution in [2.45, 2.75) is 26.1 Å². The fourth-order valence-electron chi connectivity index (χ4n) is 2.59. The standard InChI is InChI=1S/C17H20FN3O3/c1-11-9-12(3-4-13(11)18)14-10-15(21-20-14)16(22)19-6-5-17(2)23-7-8-24-17/h3-4,9-10H,5-8H2,1-2H3,(H,19,22)(H,20,21). The van der Waals surface area contributed by atoms with E-state index in [1.54, 1.807) is 25.1 Å². The number of hydrogen-bond acceptors (Lipinski definition) is 4. The summed E-state index contributed by atoms with van der Waals surface area (Å²) < 4.78 is 24.3. The number of aromatic amines is 1. The number of rotatable bonds is 5. The van der Waals surface area contributed by atoms with Crippen LogP contribution in [0.15, 0.2) is 24.3 Å². The first-order valence-corrected chi connectivity index (χ1v) is 7.85. The molecule has 2 N–H and O–H groups in total. The molecule has 1 saturated heterocycles. The lowest BCUT2D eigenvalue weighted by molar-refractivity contribution is -0.145. The van der Waals surface area contributed by atoms with Gasteiger partial charge in [0.2, 0.25) is 0 Å². The maximum atomic E-state index is 13.3. The van der Waals surface area contributed by atoms with Crippen molar-refractivity contribution in [3.05, 3.63) is 41.3 Å². The summed E-state index contributed by atoms with van der Waals surface area (Å²) in [6.07, 6.45) is 0.566. The van der Waals surface area contributed by atoms with Crippen molar-refractivity contribution < 1.29 is 18.7 Å². The normalized spacial score (nSPS) is 16.3. The average Bonchev–Trinajstić information content (AvgIpc) is 3.19. The summed E-state index contributed by atoms with van der Waals surface area (Å²) in [6, 6.07) is 6.37. The van der Waals surface area contributed by atoms with Crippen LogP contribution in [-0.2, 0) is 9.47 Å². The molecule has 2 aromatic rings. The summed E-state index contributed by atoms with van der Waals surface area (Å²) >= 11 is 0. The number of carbonyl (C=O) groups is 1. The van der Waals surface area contributed by atoms with Gasteiger partial charge in [-0.1, -0.05) is 0 Å². The molecule has 1 fully saturated rings. The van der Waals surface area contributed by atoms with Gasteiger partial charge in [0.15, 0.2) is 5.79 Å². The lowest BCUT2D eigenvalue weighted by Crippen LogP contribution is -2.33. The summed E-state index contributed by atoms with van der Waals surface area (Å²) in [6.45, 7) is 5.13. The number of nitrogens with zero attached hydrogens (tertiary/aromatic N) is 1. The maximum absolute atomic E-state index is 13.3. The fourth-order valence-corrected chi connectivity index (χ4v) is 2.59. The number of benzene rings is 1.